The van der Waals surface area contributed by atoms with E-state index in [-0.39, 0.29) is 23.9 Å². The molecule has 0 saturated carbocycles. The maximum Gasteiger partial charge on any atom is 0.222 e. The molecule has 2 aliphatic rings. The fraction of sp³-hybridized carbons (Fsp3) is 0.652. The van der Waals surface area contributed by atoms with Gasteiger partial charge in [-0.15, -0.1) is 0 Å². The fourth-order valence-corrected chi connectivity index (χ4v) is 4.13. The summed E-state index contributed by atoms with van der Waals surface area (Å²) in [7, 11) is 0. The van der Waals surface area contributed by atoms with Crippen LogP contribution >= 0.6 is 0 Å². The van der Waals surface area contributed by atoms with E-state index in [9.17, 15) is 9.18 Å². The molecule has 1 aromatic rings. The average molecular weight is 419 g/mol. The number of rotatable bonds is 6. The molecule has 6 nitrogen and oxygen atoms in total. The molecule has 0 bridgehead atoms. The fourth-order valence-electron chi connectivity index (χ4n) is 4.13. The van der Waals surface area contributed by atoms with Crippen molar-refractivity contribution in [1.82, 2.24) is 15.1 Å². The zero-order valence-corrected chi connectivity index (χ0v) is 18.3. The van der Waals surface area contributed by atoms with Gasteiger partial charge in [-0.05, 0) is 50.8 Å². The van der Waals surface area contributed by atoms with Gasteiger partial charge in [-0.2, -0.15) is 0 Å². The zero-order chi connectivity index (χ0) is 21.3. The van der Waals surface area contributed by atoms with Gasteiger partial charge < -0.3 is 19.9 Å². The van der Waals surface area contributed by atoms with Crippen molar-refractivity contribution in [3.8, 4) is 0 Å². The summed E-state index contributed by atoms with van der Waals surface area (Å²) in [5.74, 6) is 0.923. The second-order valence-electron chi connectivity index (χ2n) is 8.17. The standard InChI is InChI=1S/C23H35FN4O2/c1-3-25-23(26-13-7-15-27-14-6-4-5-8-22(27)29)28-16-18(2)30-21(17-28)19-9-11-20(24)12-10-19/h9-12,18,21H,3-8,13-17H2,1-2H3,(H,25,26). The predicted molar refractivity (Wildman–Crippen MR) is 117 cm³/mol. The van der Waals surface area contributed by atoms with Crippen LogP contribution in [0.4, 0.5) is 4.39 Å². The molecule has 166 valence electrons. The first-order valence-corrected chi connectivity index (χ1v) is 11.3. The van der Waals surface area contributed by atoms with Crippen LogP contribution in [0.2, 0.25) is 0 Å². The van der Waals surface area contributed by atoms with Crippen molar-refractivity contribution in [2.75, 3.05) is 39.3 Å². The Balaban J connectivity index is 1.59. The molecule has 1 amide bonds. The Morgan fingerprint density at radius 3 is 2.80 bits per heavy atom. The van der Waals surface area contributed by atoms with Gasteiger partial charge in [0.05, 0.1) is 12.6 Å². The number of morpholine rings is 1. The number of hydrogen-bond donors (Lipinski definition) is 1. The smallest absolute Gasteiger partial charge is 0.222 e. The van der Waals surface area contributed by atoms with Gasteiger partial charge in [0.15, 0.2) is 5.96 Å². The number of benzene rings is 1. The van der Waals surface area contributed by atoms with Gasteiger partial charge in [0.25, 0.3) is 0 Å². The predicted octanol–water partition coefficient (Wildman–Crippen LogP) is 3.35. The Kier molecular flexibility index (Phi) is 8.49. The van der Waals surface area contributed by atoms with E-state index in [4.69, 9.17) is 9.73 Å². The molecule has 2 heterocycles. The van der Waals surface area contributed by atoms with E-state index in [1.807, 2.05) is 4.90 Å². The summed E-state index contributed by atoms with van der Waals surface area (Å²) >= 11 is 0. The lowest BCUT2D eigenvalue weighted by Crippen LogP contribution is -2.50. The van der Waals surface area contributed by atoms with Crippen LogP contribution < -0.4 is 5.32 Å². The maximum absolute atomic E-state index is 13.3. The molecule has 7 heteroatoms. The van der Waals surface area contributed by atoms with Crippen LogP contribution in [0.25, 0.3) is 0 Å². The number of guanidine groups is 1. The van der Waals surface area contributed by atoms with Gasteiger partial charge in [0.1, 0.15) is 11.9 Å². The average Bonchev–Trinajstić information content (AvgIpc) is 2.94. The largest absolute Gasteiger partial charge is 0.367 e. The molecule has 2 fully saturated rings. The van der Waals surface area contributed by atoms with Crippen LogP contribution in [0.3, 0.4) is 0 Å². The molecule has 2 atom stereocenters. The highest BCUT2D eigenvalue weighted by atomic mass is 19.1. The number of hydrogen-bond acceptors (Lipinski definition) is 3. The number of halogens is 1. The second kappa shape index (κ2) is 11.3. The molecule has 30 heavy (non-hydrogen) atoms. The van der Waals surface area contributed by atoms with Crippen molar-refractivity contribution in [2.45, 2.75) is 58.2 Å². The minimum Gasteiger partial charge on any atom is -0.367 e. The lowest BCUT2D eigenvalue weighted by Gasteiger charge is -2.38. The van der Waals surface area contributed by atoms with E-state index in [1.54, 1.807) is 12.1 Å². The summed E-state index contributed by atoms with van der Waals surface area (Å²) in [5, 5.41) is 3.39. The quantitative estimate of drug-likeness (QED) is 0.437. The summed E-state index contributed by atoms with van der Waals surface area (Å²) in [6.07, 6.45) is 4.75. The first-order valence-electron chi connectivity index (χ1n) is 11.3. The molecule has 3 rings (SSSR count). The maximum atomic E-state index is 13.3. The van der Waals surface area contributed by atoms with E-state index in [0.717, 1.165) is 63.4 Å². The lowest BCUT2D eigenvalue weighted by atomic mass is 10.1. The molecule has 2 aliphatic heterocycles. The summed E-state index contributed by atoms with van der Waals surface area (Å²) in [6, 6.07) is 6.54. The highest BCUT2D eigenvalue weighted by Gasteiger charge is 2.28. The molecule has 2 saturated heterocycles. The van der Waals surface area contributed by atoms with Crippen molar-refractivity contribution in [3.05, 3.63) is 35.6 Å². The molecular weight excluding hydrogens is 383 g/mol. The van der Waals surface area contributed by atoms with E-state index in [0.29, 0.717) is 19.5 Å². The van der Waals surface area contributed by atoms with Crippen molar-refractivity contribution in [1.29, 1.82) is 0 Å². The minimum atomic E-state index is -0.239. The van der Waals surface area contributed by atoms with Crippen LogP contribution in [0.15, 0.2) is 29.3 Å². The van der Waals surface area contributed by atoms with Crippen molar-refractivity contribution in [3.63, 3.8) is 0 Å². The molecule has 1 aromatic carbocycles. The Labute approximate surface area is 179 Å². The molecule has 0 aromatic heterocycles. The number of nitrogens with one attached hydrogen (secondary N) is 1. The number of nitrogens with zero attached hydrogens (tertiary/aromatic N) is 3. The number of ether oxygens (including phenoxy) is 1. The Morgan fingerprint density at radius 1 is 1.23 bits per heavy atom. The summed E-state index contributed by atoms with van der Waals surface area (Å²) < 4.78 is 19.4. The second-order valence-corrected chi connectivity index (χ2v) is 8.17. The van der Waals surface area contributed by atoms with Gasteiger partial charge in [-0.1, -0.05) is 18.6 Å². The van der Waals surface area contributed by atoms with Crippen molar-refractivity contribution >= 4 is 11.9 Å². The molecule has 2 unspecified atom stereocenters. The zero-order valence-electron chi connectivity index (χ0n) is 18.3. The van der Waals surface area contributed by atoms with Crippen molar-refractivity contribution < 1.29 is 13.9 Å². The third-order valence-corrected chi connectivity index (χ3v) is 5.66. The highest BCUT2D eigenvalue weighted by Crippen LogP contribution is 2.25. The first-order chi connectivity index (χ1) is 14.6. The number of amides is 1. The third-order valence-electron chi connectivity index (χ3n) is 5.66. The Morgan fingerprint density at radius 2 is 2.03 bits per heavy atom. The summed E-state index contributed by atoms with van der Waals surface area (Å²) in [5.41, 5.74) is 0.975. The molecule has 1 N–H and O–H groups in total. The normalized spacial score (nSPS) is 23.4. The summed E-state index contributed by atoms with van der Waals surface area (Å²) in [4.78, 5) is 21.2. The third kappa shape index (κ3) is 6.42. The van der Waals surface area contributed by atoms with Gasteiger partial charge in [-0.25, -0.2) is 4.39 Å². The van der Waals surface area contributed by atoms with Crippen LogP contribution in [0, 0.1) is 5.82 Å². The monoisotopic (exact) mass is 418 g/mol. The van der Waals surface area contributed by atoms with Gasteiger partial charge in [-0.3, -0.25) is 9.79 Å². The van der Waals surface area contributed by atoms with Gasteiger partial charge >= 0.3 is 0 Å². The molecule has 0 radical (unpaired) electrons. The van der Waals surface area contributed by atoms with Crippen LogP contribution in [0.5, 0.6) is 0 Å². The molecular formula is C23H35FN4O2. The number of carbonyl (C=O) groups excluding carboxylic acids is 1. The Bertz CT molecular complexity index is 710. The van der Waals surface area contributed by atoms with E-state index in [1.165, 1.54) is 12.1 Å². The van der Waals surface area contributed by atoms with E-state index >= 15 is 0 Å². The molecule has 0 aliphatic carbocycles. The van der Waals surface area contributed by atoms with Crippen LogP contribution in [0.1, 0.15) is 57.6 Å². The number of likely N-dealkylation sites (tertiary alicyclic amines) is 1. The summed E-state index contributed by atoms with van der Waals surface area (Å²) in [6.45, 7) is 8.67. The van der Waals surface area contributed by atoms with Crippen LogP contribution in [-0.2, 0) is 9.53 Å². The number of carbonyl (C=O) groups is 1. The highest BCUT2D eigenvalue weighted by molar-refractivity contribution is 5.80. The van der Waals surface area contributed by atoms with E-state index < -0.39 is 0 Å². The minimum absolute atomic E-state index is 0.0485. The van der Waals surface area contributed by atoms with Gasteiger partial charge in [0, 0.05) is 39.1 Å². The number of aliphatic imine (C=N–C) groups is 1. The van der Waals surface area contributed by atoms with Crippen molar-refractivity contribution in [2.24, 2.45) is 4.99 Å². The molecule has 0 spiro atoms. The van der Waals surface area contributed by atoms with Crippen LogP contribution in [-0.4, -0.2) is 67.0 Å². The SMILES string of the molecule is CCNC(=NCCCN1CCCCCC1=O)N1CC(C)OC(c2ccc(F)cc2)C1. The first kappa shape index (κ1) is 22.5. The van der Waals surface area contributed by atoms with Gasteiger partial charge in [0.2, 0.25) is 5.91 Å². The lowest BCUT2D eigenvalue weighted by molar-refractivity contribution is -0.130. The van der Waals surface area contributed by atoms with E-state index in [2.05, 4.69) is 24.1 Å². The topological polar surface area (TPSA) is 57.2 Å². The Hall–Kier alpha value is -2.15.